The molecule has 0 fully saturated rings. The van der Waals surface area contributed by atoms with Crippen LogP contribution in [0, 0.1) is 0 Å². The molecule has 0 aliphatic carbocycles. The van der Waals surface area contributed by atoms with Gasteiger partial charge in [-0.15, -0.1) is 0 Å². The van der Waals surface area contributed by atoms with Gasteiger partial charge < -0.3 is 28.6 Å². The van der Waals surface area contributed by atoms with Crippen LogP contribution in [0.4, 0.5) is 11.4 Å². The number of benzene rings is 3. The molecule has 0 radical (unpaired) electrons. The van der Waals surface area contributed by atoms with Crippen LogP contribution >= 0.6 is 23.5 Å². The van der Waals surface area contributed by atoms with E-state index in [1.165, 1.54) is 5.56 Å². The molecule has 3 aliphatic rings. The van der Waals surface area contributed by atoms with Gasteiger partial charge in [0.2, 0.25) is 5.72 Å². The highest BCUT2D eigenvalue weighted by Gasteiger charge is 2.58. The maximum atomic E-state index is 6.90. The van der Waals surface area contributed by atoms with Crippen molar-refractivity contribution in [1.29, 1.82) is 0 Å². The molecule has 3 aromatic carbocycles. The normalized spacial score (nSPS) is 23.3. The lowest BCUT2D eigenvalue weighted by molar-refractivity contribution is 0.0605. The molecule has 41 heavy (non-hydrogen) atoms. The van der Waals surface area contributed by atoms with Crippen LogP contribution in [-0.4, -0.2) is 81.6 Å². The van der Waals surface area contributed by atoms with Gasteiger partial charge in [0, 0.05) is 41.1 Å². The topological polar surface area (TPSA) is 61.8 Å². The molecule has 1 unspecified atom stereocenters. The van der Waals surface area contributed by atoms with E-state index in [4.69, 9.17) is 28.7 Å². The standard InChI is InChI=1S/C32H38N2O5S2/c1-31(2)25-6-4-5-7-26(25)34(3)32(31)22-33-30-24-21-29-28(20-23(24)8-9-27(30)39-32)37-14-18-40-16-12-35-10-11-36-13-17-41-19-15-38-29/h4-9,20-22H,10-19H2,1-3H3. The Balaban J connectivity index is 1.28. The minimum atomic E-state index is -0.718. The van der Waals surface area contributed by atoms with Gasteiger partial charge in [0.15, 0.2) is 11.5 Å². The summed E-state index contributed by atoms with van der Waals surface area (Å²) in [5.74, 6) is 5.86. The molecule has 7 nitrogen and oxygen atoms in total. The van der Waals surface area contributed by atoms with E-state index < -0.39 is 5.72 Å². The predicted octanol–water partition coefficient (Wildman–Crippen LogP) is 6.33. The van der Waals surface area contributed by atoms with Crippen molar-refractivity contribution in [2.24, 2.45) is 4.99 Å². The van der Waals surface area contributed by atoms with E-state index in [9.17, 15) is 0 Å². The van der Waals surface area contributed by atoms with Gasteiger partial charge in [0.05, 0.1) is 51.3 Å². The summed E-state index contributed by atoms with van der Waals surface area (Å²) in [5, 5.41) is 2.03. The second-order valence-electron chi connectivity index (χ2n) is 10.8. The lowest BCUT2D eigenvalue weighted by Crippen LogP contribution is -2.61. The lowest BCUT2D eigenvalue weighted by atomic mass is 9.77. The van der Waals surface area contributed by atoms with Gasteiger partial charge in [0.1, 0.15) is 11.4 Å². The summed E-state index contributed by atoms with van der Waals surface area (Å²) < 4.78 is 30.8. The molecule has 0 amide bonds. The number of fused-ring (bicyclic) bond motifs is 5. The molecule has 0 N–H and O–H groups in total. The Labute approximate surface area is 250 Å². The summed E-state index contributed by atoms with van der Waals surface area (Å²) in [6.07, 6.45) is 1.98. The Bertz CT molecular complexity index is 1410. The summed E-state index contributed by atoms with van der Waals surface area (Å²) in [6.45, 7) is 8.36. The summed E-state index contributed by atoms with van der Waals surface area (Å²) in [5.41, 5.74) is 2.22. The number of ether oxygens (including phenoxy) is 5. The molecule has 0 saturated heterocycles. The first kappa shape index (κ1) is 28.5. The molecule has 0 aromatic heterocycles. The minimum Gasteiger partial charge on any atom is -0.489 e. The molecule has 3 heterocycles. The van der Waals surface area contributed by atoms with Crippen LogP contribution in [0.25, 0.3) is 10.8 Å². The number of para-hydroxylation sites is 1. The molecular formula is C32H38N2O5S2. The van der Waals surface area contributed by atoms with E-state index in [0.29, 0.717) is 26.4 Å². The third-order valence-corrected chi connectivity index (χ3v) is 9.89. The van der Waals surface area contributed by atoms with Crippen LogP contribution in [0.1, 0.15) is 19.4 Å². The number of anilines is 1. The highest BCUT2D eigenvalue weighted by molar-refractivity contribution is 7.99. The van der Waals surface area contributed by atoms with E-state index in [2.05, 4.69) is 68.3 Å². The molecule has 9 heteroatoms. The molecule has 1 spiro atoms. The number of likely N-dealkylation sites (N-methyl/N-ethyl adjacent to an activating group) is 1. The van der Waals surface area contributed by atoms with Crippen LogP contribution < -0.4 is 19.1 Å². The maximum Gasteiger partial charge on any atom is 0.228 e. The minimum absolute atomic E-state index is 0.300. The third-order valence-electron chi connectivity index (χ3n) is 8.07. The van der Waals surface area contributed by atoms with Crippen molar-refractivity contribution in [3.63, 3.8) is 0 Å². The third kappa shape index (κ3) is 5.49. The van der Waals surface area contributed by atoms with Crippen molar-refractivity contribution >= 4 is 51.9 Å². The van der Waals surface area contributed by atoms with Crippen molar-refractivity contribution < 1.29 is 23.7 Å². The monoisotopic (exact) mass is 594 g/mol. The fourth-order valence-electron chi connectivity index (χ4n) is 5.80. The van der Waals surface area contributed by atoms with Crippen molar-refractivity contribution in [3.05, 3.63) is 54.1 Å². The van der Waals surface area contributed by atoms with E-state index in [0.717, 1.165) is 75.6 Å². The van der Waals surface area contributed by atoms with Crippen molar-refractivity contribution in [2.45, 2.75) is 25.0 Å². The molecule has 6 rings (SSSR count). The smallest absolute Gasteiger partial charge is 0.228 e. The Kier molecular flexibility index (Phi) is 8.58. The van der Waals surface area contributed by atoms with Crippen molar-refractivity contribution in [1.82, 2.24) is 0 Å². The van der Waals surface area contributed by atoms with Gasteiger partial charge in [-0.25, -0.2) is 0 Å². The summed E-state index contributed by atoms with van der Waals surface area (Å²) in [4.78, 5) is 7.28. The average Bonchev–Trinajstić information content (AvgIpc) is 3.14. The van der Waals surface area contributed by atoms with Gasteiger partial charge >= 0.3 is 0 Å². The largest absolute Gasteiger partial charge is 0.489 e. The van der Waals surface area contributed by atoms with Crippen LogP contribution in [0.5, 0.6) is 17.2 Å². The number of hydrogen-bond donors (Lipinski definition) is 0. The van der Waals surface area contributed by atoms with Crippen molar-refractivity contribution in [3.8, 4) is 17.2 Å². The molecular weight excluding hydrogens is 556 g/mol. The lowest BCUT2D eigenvalue weighted by Gasteiger charge is -2.45. The Morgan fingerprint density at radius 1 is 0.756 bits per heavy atom. The first-order chi connectivity index (χ1) is 20.0. The zero-order valence-electron chi connectivity index (χ0n) is 24.0. The van der Waals surface area contributed by atoms with Crippen LogP contribution in [0.3, 0.4) is 0 Å². The fraction of sp³-hybridized carbons (Fsp3) is 0.469. The Morgan fingerprint density at radius 3 is 2.12 bits per heavy atom. The van der Waals surface area contributed by atoms with Gasteiger partial charge in [-0.3, -0.25) is 4.99 Å². The molecule has 3 aromatic rings. The van der Waals surface area contributed by atoms with Gasteiger partial charge in [0.25, 0.3) is 0 Å². The molecule has 218 valence electrons. The number of hydrogen-bond acceptors (Lipinski definition) is 9. The SMILES string of the molecule is CN1c2ccccc2C(C)(C)C12C=Nc1c(ccc3cc4c(cc13)OCCSCCOCCOCCSCCO4)O2. The Morgan fingerprint density at radius 2 is 1.41 bits per heavy atom. The van der Waals surface area contributed by atoms with E-state index in [-0.39, 0.29) is 5.41 Å². The summed E-state index contributed by atoms with van der Waals surface area (Å²) in [6, 6.07) is 16.8. The van der Waals surface area contributed by atoms with E-state index in [1.54, 1.807) is 0 Å². The molecule has 3 aliphatic heterocycles. The van der Waals surface area contributed by atoms with Gasteiger partial charge in [-0.2, -0.15) is 23.5 Å². The van der Waals surface area contributed by atoms with Crippen molar-refractivity contribution in [2.75, 3.05) is 74.6 Å². The number of rotatable bonds is 0. The maximum absolute atomic E-state index is 6.90. The fourth-order valence-corrected chi connectivity index (χ4v) is 7.08. The van der Waals surface area contributed by atoms with Gasteiger partial charge in [-0.1, -0.05) is 24.3 Å². The van der Waals surface area contributed by atoms with Crippen LogP contribution in [0.2, 0.25) is 0 Å². The second-order valence-corrected chi connectivity index (χ2v) is 13.3. The summed E-state index contributed by atoms with van der Waals surface area (Å²) in [7, 11) is 2.09. The predicted molar refractivity (Wildman–Crippen MR) is 171 cm³/mol. The number of thioether (sulfide) groups is 2. The highest BCUT2D eigenvalue weighted by atomic mass is 32.2. The molecule has 0 saturated carbocycles. The Hall–Kier alpha value is -2.59. The van der Waals surface area contributed by atoms with E-state index in [1.807, 2.05) is 35.8 Å². The first-order valence-electron chi connectivity index (χ1n) is 14.3. The zero-order valence-corrected chi connectivity index (χ0v) is 25.7. The first-order valence-corrected chi connectivity index (χ1v) is 16.6. The molecule has 1 atom stereocenters. The zero-order chi connectivity index (χ0) is 28.3. The van der Waals surface area contributed by atoms with Crippen LogP contribution in [-0.2, 0) is 14.9 Å². The second kappa shape index (κ2) is 12.3. The summed E-state index contributed by atoms with van der Waals surface area (Å²) >= 11 is 3.64. The quantitative estimate of drug-likeness (QED) is 0.299. The average molecular weight is 595 g/mol. The highest BCUT2D eigenvalue weighted by Crippen LogP contribution is 2.54. The number of aliphatic imine (C=N–C) groups is 1. The van der Waals surface area contributed by atoms with Gasteiger partial charge in [-0.05, 0) is 49.1 Å². The van der Waals surface area contributed by atoms with E-state index >= 15 is 0 Å². The molecule has 0 bridgehead atoms. The number of nitrogens with zero attached hydrogens (tertiary/aromatic N) is 2. The van der Waals surface area contributed by atoms with Crippen LogP contribution in [0.15, 0.2) is 53.5 Å².